The number of para-hydroxylation sites is 1. The van der Waals surface area contributed by atoms with Gasteiger partial charge in [-0.15, -0.1) is 0 Å². The Morgan fingerprint density at radius 1 is 0.878 bits per heavy atom. The molecule has 1 N–H and O–H groups in total. The number of hydrogen-bond donors (Lipinski definition) is 1. The normalized spacial score (nSPS) is 23.5. The molecule has 1 amide bonds. The highest BCUT2D eigenvalue weighted by Gasteiger charge is 2.70. The third-order valence-electron chi connectivity index (χ3n) is 8.60. The van der Waals surface area contributed by atoms with Crippen molar-refractivity contribution >= 4 is 45.2 Å². The second-order valence-corrected chi connectivity index (χ2v) is 11.5. The smallest absolute Gasteiger partial charge is 0.238 e. The third-order valence-corrected chi connectivity index (χ3v) is 9.13. The third kappa shape index (κ3) is 3.65. The highest BCUT2D eigenvalue weighted by atomic mass is 79.9. The Hall–Kier alpha value is -4.49. The fourth-order valence-electron chi connectivity index (χ4n) is 6.91. The van der Waals surface area contributed by atoms with Crippen molar-refractivity contribution in [2.75, 3.05) is 12.4 Å². The van der Waals surface area contributed by atoms with Crippen molar-refractivity contribution in [2.45, 2.75) is 17.5 Å². The number of fused-ring (bicyclic) bond motifs is 6. The van der Waals surface area contributed by atoms with Gasteiger partial charge in [0.05, 0.1) is 19.1 Å². The number of hydrogen-bond acceptors (Lipinski definition) is 5. The van der Waals surface area contributed by atoms with Crippen molar-refractivity contribution in [2.24, 2.45) is 5.92 Å². The van der Waals surface area contributed by atoms with Crippen molar-refractivity contribution < 1.29 is 19.1 Å². The van der Waals surface area contributed by atoms with Crippen LogP contribution in [0.4, 0.5) is 5.69 Å². The first-order valence-electron chi connectivity index (χ1n) is 13.4. The number of nitrogens with one attached hydrogen (secondary N) is 1. The summed E-state index contributed by atoms with van der Waals surface area (Å²) in [6, 6.07) is 27.9. The largest absolute Gasteiger partial charge is 0.497 e. The first-order valence-corrected chi connectivity index (χ1v) is 14.2. The fraction of sp³-hybridized carbons (Fsp3) is 0.147. The van der Waals surface area contributed by atoms with Crippen LogP contribution in [0.3, 0.4) is 0 Å². The van der Waals surface area contributed by atoms with Crippen LogP contribution in [0, 0.1) is 5.92 Å². The first-order chi connectivity index (χ1) is 19.9. The monoisotopic (exact) mass is 604 g/mol. The topological polar surface area (TPSA) is 75.7 Å². The molecule has 6 nitrogen and oxygen atoms in total. The molecule has 0 aliphatic carbocycles. The number of rotatable bonds is 5. The molecule has 1 fully saturated rings. The number of methoxy groups -OCH3 is 1. The number of amides is 1. The van der Waals surface area contributed by atoms with E-state index in [9.17, 15) is 14.4 Å². The summed E-state index contributed by atoms with van der Waals surface area (Å²) in [7, 11) is 1.55. The van der Waals surface area contributed by atoms with Crippen LogP contribution >= 0.6 is 15.9 Å². The number of benzene rings is 4. The van der Waals surface area contributed by atoms with Crippen molar-refractivity contribution in [3.8, 4) is 5.75 Å². The SMILES string of the molecule is COc1cccc(C(=O)[C@@H]2[C@H](C(=O)c3ccc(Br)cc3)[C@]3(C(=O)Nc4ccccc43)[C@H]3c4ccccc4C=CN23)c1. The van der Waals surface area contributed by atoms with Gasteiger partial charge in [-0.2, -0.15) is 0 Å². The molecule has 3 aliphatic heterocycles. The van der Waals surface area contributed by atoms with Crippen molar-refractivity contribution in [3.05, 3.63) is 136 Å². The maximum Gasteiger partial charge on any atom is 0.238 e. The highest BCUT2D eigenvalue weighted by molar-refractivity contribution is 9.10. The van der Waals surface area contributed by atoms with E-state index in [1.807, 2.05) is 65.7 Å². The summed E-state index contributed by atoms with van der Waals surface area (Å²) >= 11 is 3.46. The van der Waals surface area contributed by atoms with Gasteiger partial charge in [0.15, 0.2) is 11.6 Å². The van der Waals surface area contributed by atoms with Crippen molar-refractivity contribution in [1.82, 2.24) is 4.90 Å². The highest BCUT2D eigenvalue weighted by Crippen LogP contribution is 2.62. The fourth-order valence-corrected chi connectivity index (χ4v) is 7.17. The Labute approximate surface area is 245 Å². The molecule has 0 saturated carbocycles. The van der Waals surface area contributed by atoms with Gasteiger partial charge < -0.3 is 15.0 Å². The van der Waals surface area contributed by atoms with E-state index in [1.54, 1.807) is 55.6 Å². The molecule has 41 heavy (non-hydrogen) atoms. The van der Waals surface area contributed by atoms with Crippen molar-refractivity contribution in [3.63, 3.8) is 0 Å². The molecule has 3 aliphatic rings. The zero-order valence-corrected chi connectivity index (χ0v) is 23.7. The van der Waals surface area contributed by atoms with E-state index in [0.29, 0.717) is 22.6 Å². The molecule has 0 unspecified atom stereocenters. The van der Waals surface area contributed by atoms with E-state index in [0.717, 1.165) is 21.2 Å². The number of anilines is 1. The van der Waals surface area contributed by atoms with Gasteiger partial charge in [0.2, 0.25) is 5.91 Å². The molecule has 1 spiro atoms. The number of carbonyl (C=O) groups excluding carboxylic acids is 3. The van der Waals surface area contributed by atoms with Gasteiger partial charge in [-0.1, -0.05) is 82.7 Å². The van der Waals surface area contributed by atoms with Crippen LogP contribution in [0.5, 0.6) is 5.75 Å². The van der Waals surface area contributed by atoms with Gasteiger partial charge in [-0.25, -0.2) is 0 Å². The van der Waals surface area contributed by atoms with Gasteiger partial charge in [0.25, 0.3) is 0 Å². The van der Waals surface area contributed by atoms with Gasteiger partial charge >= 0.3 is 0 Å². The summed E-state index contributed by atoms with van der Waals surface area (Å²) in [6.45, 7) is 0. The minimum atomic E-state index is -1.36. The maximum absolute atomic E-state index is 14.8. The van der Waals surface area contributed by atoms with E-state index in [4.69, 9.17) is 4.74 Å². The second-order valence-electron chi connectivity index (χ2n) is 10.6. The lowest BCUT2D eigenvalue weighted by atomic mass is 9.62. The molecule has 4 aromatic carbocycles. The Morgan fingerprint density at radius 3 is 2.44 bits per heavy atom. The molecule has 7 rings (SSSR count). The summed E-state index contributed by atoms with van der Waals surface area (Å²) in [4.78, 5) is 45.8. The Balaban J connectivity index is 1.53. The maximum atomic E-state index is 14.8. The quantitative estimate of drug-likeness (QED) is 0.265. The van der Waals surface area contributed by atoms with E-state index in [-0.39, 0.29) is 17.5 Å². The summed E-state index contributed by atoms with van der Waals surface area (Å²) in [5, 5.41) is 3.08. The van der Waals surface area contributed by atoms with Gasteiger partial charge in [0.1, 0.15) is 17.2 Å². The van der Waals surface area contributed by atoms with E-state index in [1.165, 1.54) is 0 Å². The summed E-state index contributed by atoms with van der Waals surface area (Å²) in [5.41, 5.74) is 2.73. The minimum absolute atomic E-state index is 0.248. The Kier molecular flexibility index (Phi) is 5.94. The van der Waals surface area contributed by atoms with Crippen LogP contribution in [-0.4, -0.2) is 35.5 Å². The van der Waals surface area contributed by atoms with Gasteiger partial charge in [-0.05, 0) is 53.1 Å². The van der Waals surface area contributed by atoms with Crippen LogP contribution in [0.15, 0.2) is 108 Å². The van der Waals surface area contributed by atoms with E-state index < -0.39 is 23.4 Å². The molecule has 4 aromatic rings. The average Bonchev–Trinajstić information content (AvgIpc) is 3.49. The number of halogens is 1. The van der Waals surface area contributed by atoms with Crippen LogP contribution < -0.4 is 10.1 Å². The number of ether oxygens (including phenoxy) is 1. The van der Waals surface area contributed by atoms with Gasteiger partial charge in [0, 0.05) is 27.5 Å². The Morgan fingerprint density at radius 2 is 1.63 bits per heavy atom. The lowest BCUT2D eigenvalue weighted by molar-refractivity contribution is -0.122. The van der Waals surface area contributed by atoms with E-state index >= 15 is 0 Å². The lowest BCUT2D eigenvalue weighted by Crippen LogP contribution is -2.49. The molecule has 1 saturated heterocycles. The zero-order valence-electron chi connectivity index (χ0n) is 22.1. The first kappa shape index (κ1) is 25.5. The predicted molar refractivity (Wildman–Crippen MR) is 160 cm³/mol. The molecular weight excluding hydrogens is 580 g/mol. The molecule has 0 aromatic heterocycles. The molecular formula is C34H25BrN2O4. The predicted octanol–water partition coefficient (Wildman–Crippen LogP) is 6.44. The van der Waals surface area contributed by atoms with Crippen molar-refractivity contribution in [1.29, 1.82) is 0 Å². The molecule has 3 heterocycles. The average molecular weight is 605 g/mol. The summed E-state index contributed by atoms with van der Waals surface area (Å²) < 4.78 is 6.25. The minimum Gasteiger partial charge on any atom is -0.497 e. The number of ketones is 2. The van der Waals surface area contributed by atoms with Crippen LogP contribution in [0.25, 0.3) is 6.08 Å². The molecule has 7 heteroatoms. The summed E-state index contributed by atoms with van der Waals surface area (Å²) in [6.07, 6.45) is 3.83. The van der Waals surface area contributed by atoms with Gasteiger partial charge in [-0.3, -0.25) is 14.4 Å². The summed E-state index contributed by atoms with van der Waals surface area (Å²) in [5.74, 6) is -1.27. The molecule has 0 bridgehead atoms. The lowest BCUT2D eigenvalue weighted by Gasteiger charge is -2.38. The van der Waals surface area contributed by atoms with Crippen LogP contribution in [-0.2, 0) is 10.2 Å². The number of Topliss-reactive ketones (excluding diaryl/α,β-unsaturated/α-hetero) is 2. The standard InChI is InChI=1S/C34H25BrN2O4/c1-41-24-9-6-8-22(19-24)31(39)29-28(30(38)21-13-15-23(35)16-14-21)34(26-11-4-5-12-27(26)36-33(34)40)32-25-10-3-2-7-20(25)17-18-37(29)32/h2-19,28-29,32H,1H3,(H,36,40)/t28-,29+,32-,34+/m1/s1. The molecule has 4 atom stereocenters. The van der Waals surface area contributed by atoms with E-state index in [2.05, 4.69) is 21.2 Å². The zero-order chi connectivity index (χ0) is 28.3. The number of carbonyl (C=O) groups is 3. The second kappa shape index (κ2) is 9.56. The molecule has 202 valence electrons. The van der Waals surface area contributed by atoms with Crippen LogP contribution in [0.1, 0.15) is 43.4 Å². The number of nitrogens with zero attached hydrogens (tertiary/aromatic N) is 1. The molecule has 0 radical (unpaired) electrons. The Bertz CT molecular complexity index is 1760. The van der Waals surface area contributed by atoms with Crippen LogP contribution in [0.2, 0.25) is 0 Å².